The Morgan fingerprint density at radius 3 is 2.15 bits per heavy atom. The number of hydrogen-bond acceptors (Lipinski definition) is 4. The largest absolute Gasteiger partial charge is 0.481 e. The summed E-state index contributed by atoms with van der Waals surface area (Å²) in [6.07, 6.45) is -0.186. The molecule has 2 aromatic carbocycles. The zero-order valence-corrected chi connectivity index (χ0v) is 19.9. The topological polar surface area (TPSA) is 95.9 Å². The average Bonchev–Trinajstić information content (AvgIpc) is 3.35. The minimum atomic E-state index is -0.896. The Bertz CT molecular complexity index is 1040. The number of carbonyl (C=O) groups excluding carboxylic acids is 2. The number of ether oxygens (including phenoxy) is 1. The summed E-state index contributed by atoms with van der Waals surface area (Å²) in [4.78, 5) is 39.0. The van der Waals surface area contributed by atoms with Crippen molar-refractivity contribution in [2.24, 2.45) is 17.8 Å². The summed E-state index contributed by atoms with van der Waals surface area (Å²) in [5, 5.41) is 12.2. The fourth-order valence-electron chi connectivity index (χ4n) is 5.16. The highest BCUT2D eigenvalue weighted by atomic mass is 16.5. The lowest BCUT2D eigenvalue weighted by Crippen LogP contribution is -2.49. The number of likely N-dealkylation sites (tertiary alicyclic amines) is 1. The van der Waals surface area contributed by atoms with Gasteiger partial charge in [-0.15, -0.1) is 0 Å². The van der Waals surface area contributed by atoms with Crippen molar-refractivity contribution in [3.8, 4) is 11.1 Å². The number of rotatable bonds is 7. The minimum Gasteiger partial charge on any atom is -0.481 e. The smallest absolute Gasteiger partial charge is 0.407 e. The first-order valence-electron chi connectivity index (χ1n) is 11.9. The van der Waals surface area contributed by atoms with E-state index in [1.165, 1.54) is 0 Å². The molecule has 7 nitrogen and oxygen atoms in total. The van der Waals surface area contributed by atoms with Crippen LogP contribution in [0.1, 0.15) is 44.2 Å². The minimum absolute atomic E-state index is 0.0619. The Kier molecular flexibility index (Phi) is 6.91. The predicted molar refractivity (Wildman–Crippen MR) is 128 cm³/mol. The van der Waals surface area contributed by atoms with Gasteiger partial charge in [-0.3, -0.25) is 9.59 Å². The van der Waals surface area contributed by atoms with Crippen LogP contribution in [0.25, 0.3) is 11.1 Å². The fraction of sp³-hybridized carbons (Fsp3) is 0.444. The van der Waals surface area contributed by atoms with Crippen LogP contribution in [0.15, 0.2) is 48.5 Å². The lowest BCUT2D eigenvalue weighted by Gasteiger charge is -2.25. The molecular weight excluding hydrogens is 432 g/mol. The van der Waals surface area contributed by atoms with Crippen molar-refractivity contribution in [1.82, 2.24) is 10.2 Å². The molecule has 34 heavy (non-hydrogen) atoms. The third kappa shape index (κ3) is 4.79. The lowest BCUT2D eigenvalue weighted by atomic mass is 9.98. The second-order valence-electron chi connectivity index (χ2n) is 9.82. The number of alkyl carbamates (subject to hydrolysis) is 1. The molecule has 1 fully saturated rings. The Morgan fingerprint density at radius 2 is 1.62 bits per heavy atom. The number of carboxylic acid groups (broad SMARTS) is 1. The second kappa shape index (κ2) is 9.87. The van der Waals surface area contributed by atoms with Gasteiger partial charge in [-0.25, -0.2) is 4.79 Å². The van der Waals surface area contributed by atoms with Crippen LogP contribution in [0, 0.1) is 17.8 Å². The molecule has 1 saturated heterocycles. The standard InChI is InChI=1S/C27H32N2O5/c1-16(2)12-24(25(30)29-13-17(3)22(14-29)26(31)32)28-27(33)34-15-23-20-10-6-4-8-18(20)19-9-5-7-11-21(19)23/h4-11,16-17,22-24H,12-15H2,1-3H3,(H,28,33)(H,31,32)/t17-,22-,24+/m0/s1. The number of carboxylic acids is 1. The van der Waals surface area contributed by atoms with E-state index in [1.54, 1.807) is 4.90 Å². The molecule has 1 aliphatic carbocycles. The molecule has 7 heteroatoms. The zero-order valence-electron chi connectivity index (χ0n) is 19.9. The first kappa shape index (κ1) is 23.8. The Hall–Kier alpha value is -3.35. The average molecular weight is 465 g/mol. The number of nitrogens with zero attached hydrogens (tertiary/aromatic N) is 1. The van der Waals surface area contributed by atoms with Gasteiger partial charge in [0, 0.05) is 19.0 Å². The van der Waals surface area contributed by atoms with Gasteiger partial charge >= 0.3 is 12.1 Å². The molecule has 0 unspecified atom stereocenters. The van der Waals surface area contributed by atoms with Gasteiger partial charge in [-0.05, 0) is 40.5 Å². The van der Waals surface area contributed by atoms with E-state index in [4.69, 9.17) is 4.74 Å². The van der Waals surface area contributed by atoms with Gasteiger partial charge in [0.05, 0.1) is 5.92 Å². The van der Waals surface area contributed by atoms with E-state index in [0.29, 0.717) is 13.0 Å². The number of nitrogens with one attached hydrogen (secondary N) is 1. The molecule has 4 rings (SSSR count). The van der Waals surface area contributed by atoms with Crippen LogP contribution in [0.3, 0.4) is 0 Å². The van der Waals surface area contributed by atoms with E-state index in [-0.39, 0.29) is 36.8 Å². The first-order valence-corrected chi connectivity index (χ1v) is 11.9. The highest BCUT2D eigenvalue weighted by Crippen LogP contribution is 2.44. The Morgan fingerprint density at radius 1 is 1.03 bits per heavy atom. The van der Waals surface area contributed by atoms with Crippen molar-refractivity contribution >= 4 is 18.0 Å². The van der Waals surface area contributed by atoms with E-state index in [0.717, 1.165) is 22.3 Å². The molecule has 0 spiro atoms. The third-order valence-corrected chi connectivity index (χ3v) is 6.88. The van der Waals surface area contributed by atoms with Crippen LogP contribution in [0.4, 0.5) is 4.79 Å². The van der Waals surface area contributed by atoms with Crippen LogP contribution in [0.5, 0.6) is 0 Å². The van der Waals surface area contributed by atoms with Gasteiger partial charge in [-0.2, -0.15) is 0 Å². The first-order chi connectivity index (χ1) is 16.3. The summed E-state index contributed by atoms with van der Waals surface area (Å²) < 4.78 is 5.63. The van der Waals surface area contributed by atoms with Gasteiger partial charge in [0.15, 0.2) is 0 Å². The quantitative estimate of drug-likeness (QED) is 0.643. The van der Waals surface area contributed by atoms with Crippen molar-refractivity contribution in [1.29, 1.82) is 0 Å². The Balaban J connectivity index is 1.42. The number of aliphatic carboxylic acids is 1. The normalized spacial score (nSPS) is 20.1. The number of amides is 2. The van der Waals surface area contributed by atoms with Crippen LogP contribution >= 0.6 is 0 Å². The summed E-state index contributed by atoms with van der Waals surface area (Å²) >= 11 is 0. The maximum Gasteiger partial charge on any atom is 0.407 e. The van der Waals surface area contributed by atoms with Crippen LogP contribution in [-0.2, 0) is 14.3 Å². The molecule has 1 heterocycles. The molecule has 1 aliphatic heterocycles. The van der Waals surface area contributed by atoms with Gasteiger partial charge in [0.2, 0.25) is 5.91 Å². The molecule has 0 bridgehead atoms. The molecule has 3 atom stereocenters. The van der Waals surface area contributed by atoms with E-state index < -0.39 is 24.0 Å². The second-order valence-corrected chi connectivity index (χ2v) is 9.82. The molecule has 0 saturated carbocycles. The number of fused-ring (bicyclic) bond motifs is 3. The van der Waals surface area contributed by atoms with Crippen LogP contribution < -0.4 is 5.32 Å². The van der Waals surface area contributed by atoms with Crippen molar-refractivity contribution < 1.29 is 24.2 Å². The molecule has 2 N–H and O–H groups in total. The summed E-state index contributed by atoms with van der Waals surface area (Å²) in [6, 6.07) is 15.5. The van der Waals surface area contributed by atoms with Crippen molar-refractivity contribution in [3.05, 3.63) is 59.7 Å². The van der Waals surface area contributed by atoms with E-state index in [1.807, 2.05) is 45.0 Å². The predicted octanol–water partition coefficient (Wildman–Crippen LogP) is 4.12. The van der Waals surface area contributed by atoms with Crippen LogP contribution in [0.2, 0.25) is 0 Å². The van der Waals surface area contributed by atoms with Crippen LogP contribution in [-0.4, -0.2) is 53.7 Å². The summed E-state index contributed by atoms with van der Waals surface area (Å²) in [6.45, 7) is 6.50. The van der Waals surface area contributed by atoms with Crippen molar-refractivity contribution in [2.75, 3.05) is 19.7 Å². The lowest BCUT2D eigenvalue weighted by molar-refractivity contribution is -0.142. The maximum atomic E-state index is 13.2. The summed E-state index contributed by atoms with van der Waals surface area (Å²) in [7, 11) is 0. The summed E-state index contributed by atoms with van der Waals surface area (Å²) in [5.74, 6) is -1.76. The van der Waals surface area contributed by atoms with Gasteiger partial charge in [0.1, 0.15) is 12.6 Å². The van der Waals surface area contributed by atoms with Crippen molar-refractivity contribution in [3.63, 3.8) is 0 Å². The fourth-order valence-corrected chi connectivity index (χ4v) is 5.16. The van der Waals surface area contributed by atoms with E-state index in [9.17, 15) is 19.5 Å². The number of benzene rings is 2. The van der Waals surface area contributed by atoms with E-state index >= 15 is 0 Å². The highest BCUT2D eigenvalue weighted by molar-refractivity contribution is 5.87. The van der Waals surface area contributed by atoms with E-state index in [2.05, 4.69) is 29.6 Å². The summed E-state index contributed by atoms with van der Waals surface area (Å²) in [5.41, 5.74) is 4.54. The highest BCUT2D eigenvalue weighted by Gasteiger charge is 2.39. The molecule has 2 aromatic rings. The molecule has 2 aliphatic rings. The van der Waals surface area contributed by atoms with Gasteiger partial charge < -0.3 is 20.1 Å². The van der Waals surface area contributed by atoms with Gasteiger partial charge in [-0.1, -0.05) is 69.3 Å². The maximum absolute atomic E-state index is 13.2. The zero-order chi connectivity index (χ0) is 24.4. The molecule has 2 amide bonds. The SMILES string of the molecule is CC(C)C[C@@H](NC(=O)OCC1c2ccccc2-c2ccccc21)C(=O)N1C[C@H](C(=O)O)[C@@H](C)C1. The monoisotopic (exact) mass is 464 g/mol. The Labute approximate surface area is 200 Å². The molecular formula is C27H32N2O5. The van der Waals surface area contributed by atoms with Crippen molar-refractivity contribution in [2.45, 2.75) is 39.2 Å². The number of hydrogen-bond donors (Lipinski definition) is 2. The molecule has 0 aromatic heterocycles. The number of carbonyl (C=O) groups is 3. The molecule has 0 radical (unpaired) electrons. The molecule has 180 valence electrons. The van der Waals surface area contributed by atoms with Gasteiger partial charge in [0.25, 0.3) is 0 Å². The third-order valence-electron chi connectivity index (χ3n) is 6.88.